The lowest BCUT2D eigenvalue weighted by molar-refractivity contribution is -0.155. The van der Waals surface area contributed by atoms with E-state index in [1.807, 2.05) is 0 Å². The Morgan fingerprint density at radius 1 is 1.10 bits per heavy atom. The molecule has 0 aromatic rings. The van der Waals surface area contributed by atoms with E-state index in [4.69, 9.17) is 4.74 Å². The van der Waals surface area contributed by atoms with E-state index in [0.717, 1.165) is 0 Å². The van der Waals surface area contributed by atoms with Crippen molar-refractivity contribution in [1.82, 2.24) is 0 Å². The zero-order valence-corrected chi connectivity index (χ0v) is 5.20. The molecule has 0 saturated carbocycles. The van der Waals surface area contributed by atoms with E-state index in [0.29, 0.717) is 13.2 Å². The highest BCUT2D eigenvalue weighted by molar-refractivity contribution is 5.96. The fourth-order valence-electron chi connectivity index (χ4n) is 1.27. The first kappa shape index (κ1) is 5.85. The minimum atomic E-state index is -0.424. The van der Waals surface area contributed by atoms with Crippen molar-refractivity contribution in [3.05, 3.63) is 0 Å². The van der Waals surface area contributed by atoms with E-state index in [-0.39, 0.29) is 11.8 Å². The molecule has 0 bridgehead atoms. The topological polar surface area (TPSA) is 52.6 Å². The molecule has 2 aliphatic rings. The van der Waals surface area contributed by atoms with Crippen molar-refractivity contribution in [3.8, 4) is 0 Å². The summed E-state index contributed by atoms with van der Waals surface area (Å²) in [5.41, 5.74) is 0. The van der Waals surface area contributed by atoms with Gasteiger partial charge in [0.05, 0.1) is 25.0 Å². The molecule has 54 valence electrons. The van der Waals surface area contributed by atoms with Crippen LogP contribution in [0.5, 0.6) is 0 Å². The average Bonchev–Trinajstić information content (AvgIpc) is 2.39. The SMILES string of the molecule is O=C1OC(=O)C2COCC12. The molecule has 0 radical (unpaired) electrons. The normalized spacial score (nSPS) is 38.0. The van der Waals surface area contributed by atoms with Crippen molar-refractivity contribution >= 4 is 11.9 Å². The number of hydrogen-bond acceptors (Lipinski definition) is 4. The molecule has 0 aliphatic carbocycles. The van der Waals surface area contributed by atoms with Gasteiger partial charge in [0.2, 0.25) is 0 Å². The smallest absolute Gasteiger partial charge is 0.319 e. The van der Waals surface area contributed by atoms with Gasteiger partial charge in [0.25, 0.3) is 0 Å². The van der Waals surface area contributed by atoms with Gasteiger partial charge in [0, 0.05) is 0 Å². The molecule has 2 saturated heterocycles. The third kappa shape index (κ3) is 0.593. The molecule has 4 nitrogen and oxygen atoms in total. The Bertz CT molecular complexity index is 178. The minimum Gasteiger partial charge on any atom is -0.393 e. The second kappa shape index (κ2) is 1.79. The number of carbonyl (C=O) groups is 2. The molecule has 0 N–H and O–H groups in total. The Balaban J connectivity index is 2.27. The number of cyclic esters (lactones) is 2. The molecule has 10 heavy (non-hydrogen) atoms. The lowest BCUT2D eigenvalue weighted by Gasteiger charge is -1.92. The predicted octanol–water partition coefficient (Wildman–Crippen LogP) is -0.668. The molecule has 0 amide bonds. The summed E-state index contributed by atoms with van der Waals surface area (Å²) in [6.07, 6.45) is 0. The highest BCUT2D eigenvalue weighted by atomic mass is 16.6. The van der Waals surface area contributed by atoms with Crippen molar-refractivity contribution in [3.63, 3.8) is 0 Å². The quantitative estimate of drug-likeness (QED) is 0.332. The van der Waals surface area contributed by atoms with E-state index in [1.54, 1.807) is 0 Å². The van der Waals surface area contributed by atoms with Crippen LogP contribution in [0.25, 0.3) is 0 Å². The van der Waals surface area contributed by atoms with Crippen molar-refractivity contribution in [2.45, 2.75) is 0 Å². The molecule has 2 aliphatic heterocycles. The highest BCUT2D eigenvalue weighted by Gasteiger charge is 2.48. The predicted molar refractivity (Wildman–Crippen MR) is 28.9 cm³/mol. The molecular weight excluding hydrogens is 136 g/mol. The van der Waals surface area contributed by atoms with E-state index < -0.39 is 11.9 Å². The molecule has 2 heterocycles. The van der Waals surface area contributed by atoms with Crippen molar-refractivity contribution in [1.29, 1.82) is 0 Å². The van der Waals surface area contributed by atoms with Gasteiger partial charge in [-0.2, -0.15) is 0 Å². The average molecular weight is 142 g/mol. The highest BCUT2D eigenvalue weighted by Crippen LogP contribution is 2.28. The third-order valence-corrected chi connectivity index (χ3v) is 1.89. The Hall–Kier alpha value is -0.900. The fraction of sp³-hybridized carbons (Fsp3) is 0.667. The number of rotatable bonds is 0. The minimum absolute atomic E-state index is 0.313. The third-order valence-electron chi connectivity index (χ3n) is 1.89. The van der Waals surface area contributed by atoms with Gasteiger partial charge in [0.1, 0.15) is 0 Å². The molecule has 4 heteroatoms. The number of ether oxygens (including phenoxy) is 2. The summed E-state index contributed by atoms with van der Waals surface area (Å²) in [5, 5.41) is 0. The lowest BCUT2D eigenvalue weighted by Crippen LogP contribution is -2.14. The number of esters is 2. The second-order valence-corrected chi connectivity index (χ2v) is 2.49. The summed E-state index contributed by atoms with van der Waals surface area (Å²) >= 11 is 0. The van der Waals surface area contributed by atoms with Crippen molar-refractivity contribution < 1.29 is 19.1 Å². The van der Waals surface area contributed by atoms with E-state index >= 15 is 0 Å². The van der Waals surface area contributed by atoms with Crippen LogP contribution in [0, 0.1) is 11.8 Å². The number of hydrogen-bond donors (Lipinski definition) is 0. The summed E-state index contributed by atoms with van der Waals surface area (Å²) in [6.45, 7) is 0.685. The second-order valence-electron chi connectivity index (χ2n) is 2.49. The first-order valence-electron chi connectivity index (χ1n) is 3.12. The van der Waals surface area contributed by atoms with Crippen LogP contribution < -0.4 is 0 Å². The van der Waals surface area contributed by atoms with E-state index in [9.17, 15) is 9.59 Å². The maximum Gasteiger partial charge on any atom is 0.319 e. The first-order chi connectivity index (χ1) is 4.79. The summed E-state index contributed by atoms with van der Waals surface area (Å²) in [5.74, 6) is -1.47. The van der Waals surface area contributed by atoms with Crippen LogP contribution in [0.4, 0.5) is 0 Å². The number of carbonyl (C=O) groups excluding carboxylic acids is 2. The largest absolute Gasteiger partial charge is 0.393 e. The van der Waals surface area contributed by atoms with Crippen LogP contribution in [-0.4, -0.2) is 25.2 Å². The van der Waals surface area contributed by atoms with Gasteiger partial charge in [0.15, 0.2) is 0 Å². The van der Waals surface area contributed by atoms with Gasteiger partial charge in [-0.05, 0) is 0 Å². The van der Waals surface area contributed by atoms with Crippen LogP contribution >= 0.6 is 0 Å². The molecule has 2 fully saturated rings. The van der Waals surface area contributed by atoms with Crippen LogP contribution in [-0.2, 0) is 19.1 Å². The van der Waals surface area contributed by atoms with Crippen LogP contribution in [0.2, 0.25) is 0 Å². The van der Waals surface area contributed by atoms with Gasteiger partial charge in [-0.25, -0.2) is 0 Å². The zero-order chi connectivity index (χ0) is 7.14. The summed E-state index contributed by atoms with van der Waals surface area (Å²) < 4.78 is 9.30. The lowest BCUT2D eigenvalue weighted by atomic mass is 10.00. The Morgan fingerprint density at radius 3 is 2.10 bits per heavy atom. The zero-order valence-electron chi connectivity index (χ0n) is 5.20. The molecular formula is C6H6O4. The molecule has 0 aromatic carbocycles. The van der Waals surface area contributed by atoms with Crippen LogP contribution in [0.3, 0.4) is 0 Å². The Morgan fingerprint density at radius 2 is 1.60 bits per heavy atom. The Kier molecular flexibility index (Phi) is 1.05. The molecule has 2 unspecified atom stereocenters. The van der Waals surface area contributed by atoms with E-state index in [2.05, 4.69) is 4.74 Å². The maximum absolute atomic E-state index is 10.7. The summed E-state index contributed by atoms with van der Waals surface area (Å²) in [4.78, 5) is 21.5. The van der Waals surface area contributed by atoms with Gasteiger partial charge < -0.3 is 9.47 Å². The van der Waals surface area contributed by atoms with Crippen molar-refractivity contribution in [2.75, 3.05) is 13.2 Å². The molecule has 2 atom stereocenters. The maximum atomic E-state index is 10.7. The first-order valence-corrected chi connectivity index (χ1v) is 3.12. The van der Waals surface area contributed by atoms with E-state index in [1.165, 1.54) is 0 Å². The van der Waals surface area contributed by atoms with Gasteiger partial charge >= 0.3 is 11.9 Å². The van der Waals surface area contributed by atoms with Gasteiger partial charge in [-0.3, -0.25) is 9.59 Å². The fourth-order valence-corrected chi connectivity index (χ4v) is 1.27. The van der Waals surface area contributed by atoms with Gasteiger partial charge in [-0.1, -0.05) is 0 Å². The number of fused-ring (bicyclic) bond motifs is 1. The van der Waals surface area contributed by atoms with Crippen LogP contribution in [0.15, 0.2) is 0 Å². The molecule has 0 aromatic heterocycles. The monoisotopic (exact) mass is 142 g/mol. The Labute approximate surface area is 57.1 Å². The summed E-state index contributed by atoms with van der Waals surface area (Å²) in [7, 11) is 0. The van der Waals surface area contributed by atoms with Crippen LogP contribution in [0.1, 0.15) is 0 Å². The van der Waals surface area contributed by atoms with Gasteiger partial charge in [-0.15, -0.1) is 0 Å². The molecule has 0 spiro atoms. The van der Waals surface area contributed by atoms with Crippen molar-refractivity contribution in [2.24, 2.45) is 11.8 Å². The summed E-state index contributed by atoms with van der Waals surface area (Å²) in [6, 6.07) is 0. The molecule has 2 rings (SSSR count). The standard InChI is InChI=1S/C6H6O4/c7-5-3-1-9-2-4(3)6(8)10-5/h3-4H,1-2H2.